The minimum atomic E-state index is -0.0871. The number of nitrogens with two attached hydrogens (primary N) is 1. The van der Waals surface area contributed by atoms with Crippen LogP contribution in [0.4, 0.5) is 0 Å². The molecular formula is C13H17NO. The van der Waals surface area contributed by atoms with E-state index in [0.717, 1.165) is 18.6 Å². The molecule has 1 aromatic rings. The third-order valence-electron chi connectivity index (χ3n) is 3.28. The first-order valence-corrected chi connectivity index (χ1v) is 5.74. The van der Waals surface area contributed by atoms with Gasteiger partial charge in [0.1, 0.15) is 5.75 Å². The molecule has 3 rings (SSSR count). The third kappa shape index (κ3) is 1.74. The van der Waals surface area contributed by atoms with Gasteiger partial charge in [-0.05, 0) is 38.7 Å². The van der Waals surface area contributed by atoms with Crippen molar-refractivity contribution in [2.75, 3.05) is 0 Å². The van der Waals surface area contributed by atoms with Crippen LogP contribution in [0.2, 0.25) is 0 Å². The summed E-state index contributed by atoms with van der Waals surface area (Å²) >= 11 is 0. The van der Waals surface area contributed by atoms with Crippen LogP contribution in [0.15, 0.2) is 18.2 Å². The maximum atomic E-state index is 6.25. The van der Waals surface area contributed by atoms with Crippen molar-refractivity contribution >= 4 is 0 Å². The maximum Gasteiger partial charge on any atom is 0.124 e. The van der Waals surface area contributed by atoms with Crippen LogP contribution in [0.5, 0.6) is 5.75 Å². The van der Waals surface area contributed by atoms with Gasteiger partial charge in [-0.15, -0.1) is 0 Å². The van der Waals surface area contributed by atoms with Gasteiger partial charge in [0.15, 0.2) is 0 Å². The number of aryl methyl sites for hydroxylation is 1. The molecule has 2 saturated carbocycles. The highest BCUT2D eigenvalue weighted by Gasteiger charge is 2.42. The fraction of sp³-hybridized carbons (Fsp3) is 0.538. The van der Waals surface area contributed by atoms with E-state index in [0.29, 0.717) is 6.10 Å². The summed E-state index contributed by atoms with van der Waals surface area (Å²) in [6, 6.07) is 6.37. The Hall–Kier alpha value is -1.02. The molecule has 0 heterocycles. The van der Waals surface area contributed by atoms with E-state index >= 15 is 0 Å². The average Bonchev–Trinajstić information content (AvgIpc) is 3.08. The molecule has 0 amide bonds. The minimum absolute atomic E-state index is 0.0871. The number of rotatable bonds is 3. The molecule has 0 radical (unpaired) electrons. The van der Waals surface area contributed by atoms with Crippen molar-refractivity contribution in [3.63, 3.8) is 0 Å². The number of benzene rings is 1. The van der Waals surface area contributed by atoms with Crippen molar-refractivity contribution in [3.05, 3.63) is 29.3 Å². The van der Waals surface area contributed by atoms with E-state index in [1.54, 1.807) is 0 Å². The van der Waals surface area contributed by atoms with Gasteiger partial charge in [0, 0.05) is 11.1 Å². The van der Waals surface area contributed by atoms with Crippen LogP contribution >= 0.6 is 0 Å². The summed E-state index contributed by atoms with van der Waals surface area (Å²) in [5.74, 6) is 1.02. The summed E-state index contributed by atoms with van der Waals surface area (Å²) in [7, 11) is 0. The summed E-state index contributed by atoms with van der Waals surface area (Å²) in [5.41, 5.74) is 8.65. The maximum absolute atomic E-state index is 6.25. The molecule has 2 N–H and O–H groups in total. The van der Waals surface area contributed by atoms with Crippen LogP contribution < -0.4 is 10.5 Å². The summed E-state index contributed by atoms with van der Waals surface area (Å²) < 4.78 is 5.90. The molecule has 2 nitrogen and oxygen atoms in total. The Kier molecular flexibility index (Phi) is 1.84. The van der Waals surface area contributed by atoms with E-state index < -0.39 is 0 Å². The third-order valence-corrected chi connectivity index (χ3v) is 3.28. The van der Waals surface area contributed by atoms with Crippen molar-refractivity contribution in [2.45, 2.75) is 44.2 Å². The van der Waals surface area contributed by atoms with Gasteiger partial charge in [-0.1, -0.05) is 17.7 Å². The van der Waals surface area contributed by atoms with Crippen LogP contribution in [0.1, 0.15) is 36.8 Å². The predicted molar refractivity (Wildman–Crippen MR) is 59.9 cm³/mol. The van der Waals surface area contributed by atoms with E-state index in [2.05, 4.69) is 25.1 Å². The van der Waals surface area contributed by atoms with Gasteiger partial charge in [0.25, 0.3) is 0 Å². The summed E-state index contributed by atoms with van der Waals surface area (Å²) in [6.07, 6.45) is 5.04. The van der Waals surface area contributed by atoms with Gasteiger partial charge in [-0.3, -0.25) is 0 Å². The van der Waals surface area contributed by atoms with Crippen molar-refractivity contribution in [3.8, 4) is 5.75 Å². The highest BCUT2D eigenvalue weighted by Crippen LogP contribution is 2.47. The van der Waals surface area contributed by atoms with Crippen LogP contribution in [0, 0.1) is 6.92 Å². The molecule has 0 bridgehead atoms. The molecule has 2 heteroatoms. The second-order valence-electron chi connectivity index (χ2n) is 4.97. The first-order chi connectivity index (χ1) is 7.17. The molecule has 80 valence electrons. The smallest absolute Gasteiger partial charge is 0.124 e. The van der Waals surface area contributed by atoms with Gasteiger partial charge >= 0.3 is 0 Å². The molecular weight excluding hydrogens is 186 g/mol. The fourth-order valence-corrected chi connectivity index (χ4v) is 1.91. The Labute approximate surface area is 90.4 Å². The van der Waals surface area contributed by atoms with E-state index in [4.69, 9.17) is 10.5 Å². The van der Waals surface area contributed by atoms with Gasteiger partial charge in [-0.25, -0.2) is 0 Å². The molecule has 2 aliphatic rings. The molecule has 0 aliphatic heterocycles. The first-order valence-electron chi connectivity index (χ1n) is 5.74. The summed E-state index contributed by atoms with van der Waals surface area (Å²) in [6.45, 7) is 2.11. The Morgan fingerprint density at radius 1 is 1.33 bits per heavy atom. The molecule has 0 unspecified atom stereocenters. The molecule has 0 aromatic heterocycles. The van der Waals surface area contributed by atoms with Crippen LogP contribution in [-0.4, -0.2) is 6.10 Å². The summed E-state index contributed by atoms with van der Waals surface area (Å²) in [5, 5.41) is 0. The van der Waals surface area contributed by atoms with Crippen LogP contribution in [-0.2, 0) is 5.54 Å². The molecule has 1 aromatic carbocycles. The van der Waals surface area contributed by atoms with Crippen molar-refractivity contribution < 1.29 is 4.74 Å². The highest BCUT2D eigenvalue weighted by atomic mass is 16.5. The Balaban J connectivity index is 1.96. The summed E-state index contributed by atoms with van der Waals surface area (Å²) in [4.78, 5) is 0. The largest absolute Gasteiger partial charge is 0.490 e. The Bertz CT molecular complexity index is 392. The average molecular weight is 203 g/mol. The number of hydrogen-bond acceptors (Lipinski definition) is 2. The quantitative estimate of drug-likeness (QED) is 0.819. The lowest BCUT2D eigenvalue weighted by Crippen LogP contribution is -2.20. The Morgan fingerprint density at radius 2 is 2.07 bits per heavy atom. The Morgan fingerprint density at radius 3 is 2.67 bits per heavy atom. The van der Waals surface area contributed by atoms with E-state index in [-0.39, 0.29) is 5.54 Å². The van der Waals surface area contributed by atoms with Gasteiger partial charge < -0.3 is 10.5 Å². The number of ether oxygens (including phenoxy) is 1. The topological polar surface area (TPSA) is 35.2 Å². The second kappa shape index (κ2) is 2.99. The zero-order valence-corrected chi connectivity index (χ0v) is 9.12. The van der Waals surface area contributed by atoms with Crippen LogP contribution in [0.3, 0.4) is 0 Å². The zero-order chi connectivity index (χ0) is 10.5. The zero-order valence-electron chi connectivity index (χ0n) is 9.12. The van der Waals surface area contributed by atoms with Crippen molar-refractivity contribution in [1.29, 1.82) is 0 Å². The normalized spacial score (nSPS) is 22.5. The lowest BCUT2D eigenvalue weighted by atomic mass is 10.0. The molecule has 0 atom stereocenters. The lowest BCUT2D eigenvalue weighted by molar-refractivity contribution is 0.297. The van der Waals surface area contributed by atoms with E-state index in [9.17, 15) is 0 Å². The van der Waals surface area contributed by atoms with E-state index in [1.165, 1.54) is 24.0 Å². The SMILES string of the molecule is Cc1ccc(OC2CC2)c(C2(N)CC2)c1. The molecule has 2 fully saturated rings. The number of hydrogen-bond donors (Lipinski definition) is 1. The van der Waals surface area contributed by atoms with Gasteiger partial charge in [0.2, 0.25) is 0 Å². The monoisotopic (exact) mass is 203 g/mol. The van der Waals surface area contributed by atoms with E-state index in [1.807, 2.05) is 0 Å². The van der Waals surface area contributed by atoms with Crippen molar-refractivity contribution in [2.24, 2.45) is 5.73 Å². The first kappa shape index (κ1) is 9.22. The molecule has 0 spiro atoms. The molecule has 15 heavy (non-hydrogen) atoms. The lowest BCUT2D eigenvalue weighted by Gasteiger charge is -2.16. The van der Waals surface area contributed by atoms with Crippen molar-refractivity contribution in [1.82, 2.24) is 0 Å². The van der Waals surface area contributed by atoms with Gasteiger partial charge in [0.05, 0.1) is 6.10 Å². The second-order valence-corrected chi connectivity index (χ2v) is 4.97. The predicted octanol–water partition coefficient (Wildman–Crippen LogP) is 2.48. The minimum Gasteiger partial charge on any atom is -0.490 e. The highest BCUT2D eigenvalue weighted by molar-refractivity contribution is 5.44. The van der Waals surface area contributed by atoms with Gasteiger partial charge in [-0.2, -0.15) is 0 Å². The molecule has 0 saturated heterocycles. The van der Waals surface area contributed by atoms with Crippen LogP contribution in [0.25, 0.3) is 0 Å². The molecule has 2 aliphatic carbocycles. The standard InChI is InChI=1S/C13H17NO/c1-9-2-5-12(15-10-3-4-10)11(8-9)13(14)6-7-13/h2,5,8,10H,3-4,6-7,14H2,1H3. The fourth-order valence-electron chi connectivity index (χ4n) is 1.91.